The summed E-state index contributed by atoms with van der Waals surface area (Å²) in [4.78, 5) is 43.4. The predicted octanol–water partition coefficient (Wildman–Crippen LogP) is -2.06. The van der Waals surface area contributed by atoms with Crippen molar-refractivity contribution in [3.8, 4) is 0 Å². The molecule has 12 nitrogen and oxygen atoms in total. The molecular weight excluding hydrogens is 286 g/mol. The van der Waals surface area contributed by atoms with Gasteiger partial charge in [-0.1, -0.05) is 0 Å². The lowest BCUT2D eigenvalue weighted by molar-refractivity contribution is -0.758. The second-order valence-electron chi connectivity index (χ2n) is 3.26. The van der Waals surface area contributed by atoms with Crippen LogP contribution in [0.2, 0.25) is 0 Å². The Balaban J connectivity index is 0. The molecule has 0 bridgehead atoms. The molecule has 0 aromatic rings. The Morgan fingerprint density at radius 3 is 1.65 bits per heavy atom. The maximum atomic E-state index is 10.3. The van der Waals surface area contributed by atoms with Crippen LogP contribution in [0.15, 0.2) is 0 Å². The summed E-state index contributed by atoms with van der Waals surface area (Å²) >= 11 is 0. The van der Waals surface area contributed by atoms with Crippen molar-refractivity contribution < 1.29 is 49.8 Å². The number of hydrogen-bond donors (Lipinski definition) is 5. The number of aliphatic carboxylic acids is 3. The molecule has 0 saturated heterocycles. The number of nitrogens with zero attached hydrogens (tertiary/aromatic N) is 1. The van der Waals surface area contributed by atoms with Crippen LogP contribution in [0.1, 0.15) is 12.8 Å². The van der Waals surface area contributed by atoms with Crippen LogP contribution in [0.4, 0.5) is 0 Å². The molecule has 0 atom stereocenters. The summed E-state index contributed by atoms with van der Waals surface area (Å²) in [5, 5.41) is 50.0. The quantitative estimate of drug-likeness (QED) is 0.243. The summed E-state index contributed by atoms with van der Waals surface area (Å²) in [6.07, 6.45) is -2.29. The topological polar surface area (TPSA) is 205 Å². The molecule has 0 rings (SSSR count). The Hall–Kier alpha value is -2.47. The third-order valence-corrected chi connectivity index (χ3v) is 1.57. The average molecular weight is 299 g/mol. The molecule has 0 spiro atoms. The zero-order chi connectivity index (χ0) is 16.3. The van der Waals surface area contributed by atoms with Crippen molar-refractivity contribution in [1.29, 1.82) is 0 Å². The average Bonchev–Trinajstić information content (AvgIpc) is 2.24. The van der Waals surface area contributed by atoms with E-state index in [2.05, 4.69) is 4.84 Å². The van der Waals surface area contributed by atoms with Crippen LogP contribution in [-0.2, 0) is 19.2 Å². The number of carboxylic acids is 3. The zero-order valence-electron chi connectivity index (χ0n) is 9.96. The first kappa shape index (κ1) is 19.9. The largest absolute Gasteiger partial charge is 0.481 e. The molecule has 0 fully saturated rings. The van der Waals surface area contributed by atoms with Crippen LogP contribution in [-0.4, -0.2) is 67.3 Å². The third-order valence-electron chi connectivity index (χ3n) is 1.57. The van der Waals surface area contributed by atoms with E-state index in [4.69, 9.17) is 25.5 Å². The number of aliphatic hydroxyl groups is 2. The summed E-state index contributed by atoms with van der Waals surface area (Å²) < 4.78 is 0. The highest BCUT2D eigenvalue weighted by Crippen LogP contribution is 2.15. The molecule has 0 aliphatic carbocycles. The Morgan fingerprint density at radius 1 is 1.10 bits per heavy atom. The first-order chi connectivity index (χ1) is 9.05. The highest BCUT2D eigenvalue weighted by Gasteiger charge is 2.40. The molecule has 20 heavy (non-hydrogen) atoms. The number of carbonyl (C=O) groups is 3. The molecule has 0 aliphatic rings. The summed E-state index contributed by atoms with van der Waals surface area (Å²) in [7, 11) is 0. The minimum absolute atomic E-state index is 0.243. The predicted molar refractivity (Wildman–Crippen MR) is 57.1 cm³/mol. The van der Waals surface area contributed by atoms with Gasteiger partial charge in [0.25, 0.3) is 5.09 Å². The van der Waals surface area contributed by atoms with Crippen LogP contribution < -0.4 is 0 Å². The fraction of sp³-hybridized carbons (Fsp3) is 0.625. The van der Waals surface area contributed by atoms with Crippen LogP contribution in [0.3, 0.4) is 0 Å². The molecule has 0 aromatic heterocycles. The van der Waals surface area contributed by atoms with E-state index < -0.39 is 41.4 Å². The second kappa shape index (κ2) is 9.46. The molecule has 0 saturated carbocycles. The van der Waals surface area contributed by atoms with Crippen LogP contribution in [0.5, 0.6) is 0 Å². The van der Waals surface area contributed by atoms with Gasteiger partial charge in [-0.25, -0.2) is 4.79 Å². The lowest BCUT2D eigenvalue weighted by atomic mass is 9.96. The number of carboxylic acid groups (broad SMARTS) is 3. The van der Waals surface area contributed by atoms with Crippen molar-refractivity contribution in [2.45, 2.75) is 18.4 Å². The Kier molecular flexibility index (Phi) is 9.39. The Morgan fingerprint density at radius 2 is 1.50 bits per heavy atom. The van der Waals surface area contributed by atoms with Gasteiger partial charge in [0, 0.05) is 0 Å². The van der Waals surface area contributed by atoms with E-state index in [1.54, 1.807) is 0 Å². The van der Waals surface area contributed by atoms with Crippen molar-refractivity contribution in [3.05, 3.63) is 10.1 Å². The summed E-state index contributed by atoms with van der Waals surface area (Å²) in [5.74, 6) is -5.02. The summed E-state index contributed by atoms with van der Waals surface area (Å²) in [6, 6.07) is 0. The fourth-order valence-electron chi connectivity index (χ4n) is 0.829. The van der Waals surface area contributed by atoms with Gasteiger partial charge < -0.3 is 30.4 Å². The van der Waals surface area contributed by atoms with Crippen LogP contribution >= 0.6 is 0 Å². The zero-order valence-corrected chi connectivity index (χ0v) is 9.96. The Bertz CT molecular complexity index is 349. The summed E-state index contributed by atoms with van der Waals surface area (Å²) in [6.45, 7) is -0.562. The first-order valence-electron chi connectivity index (χ1n) is 4.82. The van der Waals surface area contributed by atoms with Gasteiger partial charge >= 0.3 is 17.9 Å². The minimum atomic E-state index is -2.74. The molecule has 116 valence electrons. The van der Waals surface area contributed by atoms with Gasteiger partial charge in [0.1, 0.15) is 6.61 Å². The molecular formula is C8H13NO11. The molecule has 0 aliphatic heterocycles. The molecule has 0 aromatic carbocycles. The van der Waals surface area contributed by atoms with Crippen molar-refractivity contribution in [3.63, 3.8) is 0 Å². The fourth-order valence-corrected chi connectivity index (χ4v) is 0.829. The van der Waals surface area contributed by atoms with E-state index >= 15 is 0 Å². The molecule has 0 unspecified atom stereocenters. The van der Waals surface area contributed by atoms with Gasteiger partial charge in [-0.15, -0.1) is 10.1 Å². The van der Waals surface area contributed by atoms with E-state index in [1.807, 2.05) is 0 Å². The van der Waals surface area contributed by atoms with Gasteiger partial charge in [0.05, 0.1) is 19.4 Å². The van der Waals surface area contributed by atoms with E-state index in [1.165, 1.54) is 0 Å². The maximum absolute atomic E-state index is 10.3. The minimum Gasteiger partial charge on any atom is -0.481 e. The van der Waals surface area contributed by atoms with Crippen molar-refractivity contribution in [2.24, 2.45) is 0 Å². The van der Waals surface area contributed by atoms with Gasteiger partial charge in [-0.2, -0.15) is 0 Å². The van der Waals surface area contributed by atoms with E-state index in [-0.39, 0.29) is 13.2 Å². The molecule has 0 radical (unpaired) electrons. The second-order valence-corrected chi connectivity index (χ2v) is 3.26. The molecule has 0 amide bonds. The van der Waals surface area contributed by atoms with Crippen LogP contribution in [0, 0.1) is 10.1 Å². The first-order valence-corrected chi connectivity index (χ1v) is 4.82. The standard InChI is InChI=1S/C6H8O7.C2H5NO4/c7-3(8)1-6(13,5(11)12)2-4(9)10;4-1-2-7-3(5)6/h13H,1-2H2,(H,7,8)(H,9,10)(H,11,12);4H,1-2H2. The molecule has 0 heterocycles. The van der Waals surface area contributed by atoms with Gasteiger partial charge in [-0.3, -0.25) is 9.59 Å². The summed E-state index contributed by atoms with van der Waals surface area (Å²) in [5.41, 5.74) is -2.74. The highest BCUT2D eigenvalue weighted by atomic mass is 17.0. The maximum Gasteiger partial charge on any atom is 0.336 e. The number of hydrogen-bond acceptors (Lipinski definition) is 8. The van der Waals surface area contributed by atoms with E-state index in [0.717, 1.165) is 0 Å². The van der Waals surface area contributed by atoms with Crippen molar-refractivity contribution in [1.82, 2.24) is 0 Å². The lowest BCUT2D eigenvalue weighted by Gasteiger charge is -2.18. The normalized spacial score (nSPS) is 9.90. The van der Waals surface area contributed by atoms with E-state index in [0.29, 0.717) is 0 Å². The number of rotatable bonds is 8. The third kappa shape index (κ3) is 10.7. The number of aliphatic hydroxyl groups excluding tert-OH is 1. The van der Waals surface area contributed by atoms with Gasteiger partial charge in [-0.05, 0) is 0 Å². The van der Waals surface area contributed by atoms with Gasteiger partial charge in [0.2, 0.25) is 0 Å². The smallest absolute Gasteiger partial charge is 0.336 e. The molecule has 5 N–H and O–H groups in total. The highest BCUT2D eigenvalue weighted by molar-refractivity contribution is 5.88. The van der Waals surface area contributed by atoms with Gasteiger partial charge in [0.15, 0.2) is 5.60 Å². The lowest BCUT2D eigenvalue weighted by Crippen LogP contribution is -2.42. The monoisotopic (exact) mass is 299 g/mol. The van der Waals surface area contributed by atoms with Crippen molar-refractivity contribution >= 4 is 17.9 Å². The Labute approximate surface area is 110 Å². The molecule has 12 heteroatoms. The van der Waals surface area contributed by atoms with Crippen LogP contribution in [0.25, 0.3) is 0 Å². The van der Waals surface area contributed by atoms with Crippen molar-refractivity contribution in [2.75, 3.05) is 13.2 Å². The van der Waals surface area contributed by atoms with E-state index in [9.17, 15) is 24.5 Å². The SMILES string of the molecule is O=C(O)CC(O)(CC(=O)O)C(=O)O.O=[N+]([O-])OCCO.